The molecule has 140 valence electrons. The van der Waals surface area contributed by atoms with Crippen LogP contribution in [0.4, 0.5) is 30.6 Å². The van der Waals surface area contributed by atoms with Gasteiger partial charge in [0.25, 0.3) is 0 Å². The number of hydrogen-bond acceptors (Lipinski definition) is 5. The molecule has 0 atom stereocenters. The van der Waals surface area contributed by atoms with Gasteiger partial charge in [-0.05, 0) is 24.3 Å². The van der Waals surface area contributed by atoms with E-state index in [4.69, 9.17) is 0 Å². The highest BCUT2D eigenvalue weighted by molar-refractivity contribution is 9.10. The molecule has 0 bridgehead atoms. The monoisotopic (exact) mass is 431 g/mol. The van der Waals surface area contributed by atoms with E-state index in [1.54, 1.807) is 38.4 Å². The molecule has 0 aliphatic carbocycles. The Hall–Kier alpha value is -2.36. The summed E-state index contributed by atoms with van der Waals surface area (Å²) >= 11 is 3.29. The molecule has 1 aromatic heterocycles. The van der Waals surface area contributed by atoms with Crippen molar-refractivity contribution < 1.29 is 18.0 Å². The SMILES string of the molecule is CN(C)c1cc(C(F)(F)F)nc(NCCC(=O)Nc2ccc(Br)cc2)n1. The number of anilines is 3. The average molecular weight is 432 g/mol. The first-order chi connectivity index (χ1) is 12.1. The standard InChI is InChI=1S/C16H17BrF3N5O/c1-25(2)13-9-12(16(18,19)20)23-15(24-13)21-8-7-14(26)22-11-5-3-10(17)4-6-11/h3-6,9H,7-8H2,1-2H3,(H,22,26)(H,21,23,24). The van der Waals surface area contributed by atoms with Crippen molar-refractivity contribution in [3.05, 3.63) is 40.5 Å². The van der Waals surface area contributed by atoms with E-state index < -0.39 is 11.9 Å². The lowest BCUT2D eigenvalue weighted by Crippen LogP contribution is -2.20. The molecule has 0 unspecified atom stereocenters. The number of benzene rings is 1. The predicted octanol–water partition coefficient (Wildman–Crippen LogP) is 3.76. The average Bonchev–Trinajstić information content (AvgIpc) is 2.56. The summed E-state index contributed by atoms with van der Waals surface area (Å²) in [6.45, 7) is 0.0938. The number of nitrogens with zero attached hydrogens (tertiary/aromatic N) is 3. The highest BCUT2D eigenvalue weighted by Gasteiger charge is 2.34. The van der Waals surface area contributed by atoms with Crippen LogP contribution in [-0.2, 0) is 11.0 Å². The maximum absolute atomic E-state index is 12.9. The molecular formula is C16H17BrF3N5O. The van der Waals surface area contributed by atoms with Crippen LogP contribution in [-0.4, -0.2) is 36.5 Å². The van der Waals surface area contributed by atoms with Crippen molar-refractivity contribution in [2.45, 2.75) is 12.6 Å². The third-order valence-corrected chi connectivity index (χ3v) is 3.75. The van der Waals surface area contributed by atoms with Crippen LogP contribution in [0.2, 0.25) is 0 Å². The van der Waals surface area contributed by atoms with Crippen molar-refractivity contribution in [3.8, 4) is 0 Å². The van der Waals surface area contributed by atoms with Crippen LogP contribution >= 0.6 is 15.9 Å². The Morgan fingerprint density at radius 1 is 1.19 bits per heavy atom. The van der Waals surface area contributed by atoms with Gasteiger partial charge < -0.3 is 15.5 Å². The van der Waals surface area contributed by atoms with Crippen molar-refractivity contribution in [2.24, 2.45) is 0 Å². The summed E-state index contributed by atoms with van der Waals surface area (Å²) in [5.74, 6) is -0.339. The number of amides is 1. The van der Waals surface area contributed by atoms with Gasteiger partial charge in [0.05, 0.1) is 0 Å². The van der Waals surface area contributed by atoms with Gasteiger partial charge in [0.1, 0.15) is 5.82 Å². The molecule has 2 rings (SSSR count). The van der Waals surface area contributed by atoms with Crippen molar-refractivity contribution in [1.29, 1.82) is 0 Å². The Bertz CT molecular complexity index is 765. The summed E-state index contributed by atoms with van der Waals surface area (Å²) < 4.78 is 39.7. The molecule has 0 saturated carbocycles. The van der Waals surface area contributed by atoms with Gasteiger partial charge in [-0.15, -0.1) is 0 Å². The van der Waals surface area contributed by atoms with Crippen molar-refractivity contribution >= 4 is 39.3 Å². The van der Waals surface area contributed by atoms with Gasteiger partial charge >= 0.3 is 6.18 Å². The fourth-order valence-electron chi connectivity index (χ4n) is 1.93. The summed E-state index contributed by atoms with van der Waals surface area (Å²) in [4.78, 5) is 20.8. The number of carbonyl (C=O) groups excluding carboxylic acids is 1. The first kappa shape index (κ1) is 20.0. The number of carbonyl (C=O) groups is 1. The molecule has 10 heteroatoms. The van der Waals surface area contributed by atoms with Crippen LogP contribution < -0.4 is 15.5 Å². The zero-order chi connectivity index (χ0) is 19.3. The molecule has 6 nitrogen and oxygen atoms in total. The Morgan fingerprint density at radius 2 is 1.85 bits per heavy atom. The minimum atomic E-state index is -4.58. The quantitative estimate of drug-likeness (QED) is 0.728. The van der Waals surface area contributed by atoms with E-state index in [1.165, 1.54) is 4.90 Å². The number of rotatable bonds is 6. The summed E-state index contributed by atoms with van der Waals surface area (Å²) in [5, 5.41) is 5.35. The Balaban J connectivity index is 1.97. The van der Waals surface area contributed by atoms with E-state index in [1.807, 2.05) is 0 Å². The number of alkyl halides is 3. The van der Waals surface area contributed by atoms with E-state index in [0.29, 0.717) is 5.69 Å². The molecule has 0 saturated heterocycles. The van der Waals surface area contributed by atoms with E-state index in [-0.39, 0.29) is 30.6 Å². The maximum atomic E-state index is 12.9. The molecule has 2 N–H and O–H groups in total. The van der Waals surface area contributed by atoms with Crippen LogP contribution in [0.5, 0.6) is 0 Å². The summed E-state index contributed by atoms with van der Waals surface area (Å²) in [6.07, 6.45) is -4.53. The van der Waals surface area contributed by atoms with Crippen LogP contribution in [0.1, 0.15) is 12.1 Å². The molecular weight excluding hydrogens is 415 g/mol. The number of aromatic nitrogens is 2. The van der Waals surface area contributed by atoms with Gasteiger partial charge in [-0.1, -0.05) is 15.9 Å². The summed E-state index contributed by atoms with van der Waals surface area (Å²) in [7, 11) is 3.16. The third-order valence-electron chi connectivity index (χ3n) is 3.22. The topological polar surface area (TPSA) is 70.2 Å². The fraction of sp³-hybridized carbons (Fsp3) is 0.312. The Morgan fingerprint density at radius 3 is 2.42 bits per heavy atom. The number of halogens is 4. The lowest BCUT2D eigenvalue weighted by atomic mass is 10.3. The second kappa shape index (κ2) is 8.35. The lowest BCUT2D eigenvalue weighted by Gasteiger charge is -2.15. The van der Waals surface area contributed by atoms with Crippen molar-refractivity contribution in [1.82, 2.24) is 9.97 Å². The van der Waals surface area contributed by atoms with Crippen molar-refractivity contribution in [3.63, 3.8) is 0 Å². The van der Waals surface area contributed by atoms with Crippen LogP contribution in [0, 0.1) is 0 Å². The smallest absolute Gasteiger partial charge is 0.363 e. The first-order valence-corrected chi connectivity index (χ1v) is 8.37. The van der Waals surface area contributed by atoms with E-state index in [2.05, 4.69) is 36.5 Å². The summed E-state index contributed by atoms with van der Waals surface area (Å²) in [6, 6.07) is 7.90. The molecule has 0 aliphatic heterocycles. The molecule has 1 amide bonds. The number of nitrogens with one attached hydrogen (secondary N) is 2. The molecule has 0 spiro atoms. The predicted molar refractivity (Wildman–Crippen MR) is 97.2 cm³/mol. The molecule has 0 fully saturated rings. The third kappa shape index (κ3) is 5.87. The first-order valence-electron chi connectivity index (χ1n) is 7.58. The number of hydrogen-bond donors (Lipinski definition) is 2. The highest BCUT2D eigenvalue weighted by Crippen LogP contribution is 2.30. The van der Waals surface area contributed by atoms with E-state index >= 15 is 0 Å². The van der Waals surface area contributed by atoms with E-state index in [0.717, 1.165) is 10.5 Å². The fourth-order valence-corrected chi connectivity index (χ4v) is 2.20. The molecule has 0 radical (unpaired) electrons. The van der Waals surface area contributed by atoms with Gasteiger partial charge in [-0.2, -0.15) is 18.2 Å². The van der Waals surface area contributed by atoms with Gasteiger partial charge in [0, 0.05) is 43.3 Å². The lowest BCUT2D eigenvalue weighted by molar-refractivity contribution is -0.141. The van der Waals surface area contributed by atoms with E-state index in [9.17, 15) is 18.0 Å². The molecule has 1 aromatic carbocycles. The normalized spacial score (nSPS) is 11.2. The minimum absolute atomic E-state index is 0.0486. The largest absolute Gasteiger partial charge is 0.433 e. The second-order valence-corrected chi connectivity index (χ2v) is 6.47. The Kier molecular flexibility index (Phi) is 6.41. The van der Waals surface area contributed by atoms with Crippen LogP contribution in [0.15, 0.2) is 34.8 Å². The molecule has 0 aliphatic rings. The second-order valence-electron chi connectivity index (χ2n) is 5.56. The maximum Gasteiger partial charge on any atom is 0.433 e. The van der Waals surface area contributed by atoms with Gasteiger partial charge in [-0.3, -0.25) is 4.79 Å². The van der Waals surface area contributed by atoms with Crippen LogP contribution in [0.25, 0.3) is 0 Å². The van der Waals surface area contributed by atoms with Crippen molar-refractivity contribution in [2.75, 3.05) is 36.2 Å². The van der Waals surface area contributed by atoms with Crippen LogP contribution in [0.3, 0.4) is 0 Å². The zero-order valence-corrected chi connectivity index (χ0v) is 15.6. The molecule has 1 heterocycles. The van der Waals surface area contributed by atoms with Gasteiger partial charge in [0.15, 0.2) is 5.69 Å². The minimum Gasteiger partial charge on any atom is -0.363 e. The highest BCUT2D eigenvalue weighted by atomic mass is 79.9. The van der Waals surface area contributed by atoms with Gasteiger partial charge in [0.2, 0.25) is 11.9 Å². The zero-order valence-electron chi connectivity index (χ0n) is 14.1. The van der Waals surface area contributed by atoms with Gasteiger partial charge in [-0.25, -0.2) is 4.98 Å². The Labute approximate surface area is 157 Å². The molecule has 2 aromatic rings. The summed E-state index contributed by atoms with van der Waals surface area (Å²) in [5.41, 5.74) is -0.415. The molecule has 26 heavy (non-hydrogen) atoms.